The van der Waals surface area contributed by atoms with Crippen LogP contribution in [0.3, 0.4) is 0 Å². The van der Waals surface area contributed by atoms with E-state index in [2.05, 4.69) is 19.8 Å². The van der Waals surface area contributed by atoms with Gasteiger partial charge >= 0.3 is 5.97 Å². The molecule has 2 aliphatic rings. The number of alkyl halides is 1. The second-order valence-corrected chi connectivity index (χ2v) is 10.8. The molecule has 1 fully saturated rings. The van der Waals surface area contributed by atoms with E-state index in [0.717, 1.165) is 28.9 Å². The number of hydrogen-bond acceptors (Lipinski definition) is 11. The zero-order chi connectivity index (χ0) is 28.1. The number of nitrogens with one attached hydrogen (secondary N) is 1. The van der Waals surface area contributed by atoms with E-state index < -0.39 is 35.3 Å². The van der Waals surface area contributed by atoms with Crippen molar-refractivity contribution in [3.05, 3.63) is 88.9 Å². The Morgan fingerprint density at radius 2 is 1.85 bits per heavy atom. The molecule has 1 aromatic heterocycles. The van der Waals surface area contributed by atoms with Crippen molar-refractivity contribution >= 4 is 64.0 Å². The van der Waals surface area contributed by atoms with Gasteiger partial charge in [-0.15, -0.1) is 23.4 Å². The molecule has 0 unspecified atom stereocenters. The number of esters is 1. The number of amides is 2. The minimum atomic E-state index is -0.859. The Morgan fingerprint density at radius 3 is 2.45 bits per heavy atom. The maximum atomic E-state index is 13.6. The molecule has 1 saturated heterocycles. The van der Waals surface area contributed by atoms with Crippen LogP contribution in [0, 0.1) is 0 Å². The van der Waals surface area contributed by atoms with Crippen molar-refractivity contribution in [1.29, 1.82) is 0 Å². The molecule has 0 bridgehead atoms. The van der Waals surface area contributed by atoms with Crippen LogP contribution in [0.2, 0.25) is 0 Å². The van der Waals surface area contributed by atoms with Crippen LogP contribution in [0.25, 0.3) is 0 Å². The van der Waals surface area contributed by atoms with Gasteiger partial charge in [-0.1, -0.05) is 65.8 Å². The summed E-state index contributed by atoms with van der Waals surface area (Å²) in [6.45, 7) is -0.0590. The van der Waals surface area contributed by atoms with Gasteiger partial charge in [0.1, 0.15) is 23.3 Å². The molecule has 0 saturated carbocycles. The minimum Gasteiger partial charge on any atom is -0.448 e. The van der Waals surface area contributed by atoms with Gasteiger partial charge in [0.05, 0.1) is 0 Å². The van der Waals surface area contributed by atoms with Gasteiger partial charge < -0.3 is 20.6 Å². The van der Waals surface area contributed by atoms with Gasteiger partial charge in [-0.25, -0.2) is 4.79 Å². The van der Waals surface area contributed by atoms with E-state index in [1.807, 2.05) is 60.7 Å². The number of fused-ring (bicyclic) bond motifs is 1. The zero-order valence-corrected chi connectivity index (χ0v) is 23.2. The van der Waals surface area contributed by atoms with Crippen LogP contribution in [0.5, 0.6) is 0 Å². The van der Waals surface area contributed by atoms with Crippen molar-refractivity contribution in [2.24, 2.45) is 5.16 Å². The smallest absolute Gasteiger partial charge is 0.356 e. The number of β-lactam (4-membered cyclic amide) rings is 1. The number of hydrogen-bond donors (Lipinski definition) is 2. The third-order valence-electron chi connectivity index (χ3n) is 6.05. The highest BCUT2D eigenvalue weighted by molar-refractivity contribution is 8.00. The van der Waals surface area contributed by atoms with E-state index in [0.29, 0.717) is 22.3 Å². The first-order valence-corrected chi connectivity index (χ1v) is 14.4. The number of rotatable bonds is 10. The van der Waals surface area contributed by atoms with Crippen LogP contribution in [0.1, 0.15) is 23.1 Å². The Bertz CT molecular complexity index is 1410. The highest BCUT2D eigenvalue weighted by Crippen LogP contribution is 2.41. The Labute approximate surface area is 242 Å². The molecular weight excluding hydrogens is 576 g/mol. The van der Waals surface area contributed by atoms with Gasteiger partial charge in [-0.2, -0.15) is 9.36 Å². The van der Waals surface area contributed by atoms with E-state index in [-0.39, 0.29) is 18.2 Å². The summed E-state index contributed by atoms with van der Waals surface area (Å²) in [5, 5.41) is 5.99. The minimum absolute atomic E-state index is 0.0514. The first-order valence-electron chi connectivity index (χ1n) is 12.0. The monoisotopic (exact) mass is 598 g/mol. The number of nitrogens with zero attached hydrogens (tertiary/aromatic N) is 4. The summed E-state index contributed by atoms with van der Waals surface area (Å²) in [4.78, 5) is 49.4. The first kappa shape index (κ1) is 27.6. The van der Waals surface area contributed by atoms with Gasteiger partial charge in [0.15, 0.2) is 23.7 Å². The maximum Gasteiger partial charge on any atom is 0.356 e. The highest BCUT2D eigenvalue weighted by Gasteiger charge is 2.54. The van der Waals surface area contributed by atoms with Crippen molar-refractivity contribution in [1.82, 2.24) is 19.6 Å². The predicted octanol–water partition coefficient (Wildman–Crippen LogP) is 2.85. The number of nitrogens with two attached hydrogens (primary N) is 1. The molecule has 11 nitrogen and oxygen atoms in total. The number of aromatic nitrogens is 2. The maximum absolute atomic E-state index is 13.6. The molecule has 0 aliphatic carbocycles. The highest BCUT2D eigenvalue weighted by atomic mass is 35.5. The summed E-state index contributed by atoms with van der Waals surface area (Å²) in [7, 11) is 0. The van der Waals surface area contributed by atoms with Crippen LogP contribution >= 0.6 is 34.9 Å². The van der Waals surface area contributed by atoms with Gasteiger partial charge in [-0.05, 0) is 16.7 Å². The quantitative estimate of drug-likeness (QED) is 0.118. The SMILES string of the molecule is Nc1nc(CO/N=C/C(=O)N[C@@H]2C(=O)N3C(C(=O)OC(c4ccccc4)c4ccccc4)=C(CCl)CS[C@H]23)ns1. The van der Waals surface area contributed by atoms with Crippen molar-refractivity contribution in [3.8, 4) is 0 Å². The Balaban J connectivity index is 1.26. The van der Waals surface area contributed by atoms with E-state index in [1.165, 1.54) is 16.7 Å². The molecule has 5 rings (SSSR count). The molecule has 3 heterocycles. The Morgan fingerprint density at radius 1 is 1.18 bits per heavy atom. The second-order valence-electron chi connectivity index (χ2n) is 8.65. The molecule has 14 heteroatoms. The van der Waals surface area contributed by atoms with Crippen LogP contribution in [0.15, 0.2) is 77.1 Å². The predicted molar refractivity (Wildman–Crippen MR) is 151 cm³/mol. The van der Waals surface area contributed by atoms with Crippen LogP contribution in [-0.2, 0) is 30.6 Å². The van der Waals surface area contributed by atoms with E-state index in [1.54, 1.807) is 0 Å². The van der Waals surface area contributed by atoms with Crippen LogP contribution in [-0.4, -0.2) is 61.3 Å². The fourth-order valence-electron chi connectivity index (χ4n) is 4.22. The van der Waals surface area contributed by atoms with Gasteiger partial charge in [0, 0.05) is 23.2 Å². The Kier molecular flexibility index (Phi) is 8.63. The second kappa shape index (κ2) is 12.5. The molecule has 0 spiro atoms. The normalized spacial score (nSPS) is 18.4. The molecule has 2 aliphatic heterocycles. The molecule has 0 radical (unpaired) electrons. The van der Waals surface area contributed by atoms with Crippen LogP contribution < -0.4 is 11.1 Å². The largest absolute Gasteiger partial charge is 0.448 e. The number of benzene rings is 2. The fourth-order valence-corrected chi connectivity index (χ4v) is 6.34. The fraction of sp³-hybridized carbons (Fsp3) is 0.231. The number of oxime groups is 1. The lowest BCUT2D eigenvalue weighted by atomic mass is 10.0. The van der Waals surface area contributed by atoms with Gasteiger partial charge in [0.2, 0.25) is 0 Å². The van der Waals surface area contributed by atoms with Crippen LogP contribution in [0.4, 0.5) is 5.13 Å². The number of halogens is 1. The molecule has 2 aromatic carbocycles. The number of thioether (sulfide) groups is 1. The number of carbonyl (C=O) groups excluding carboxylic acids is 3. The summed E-state index contributed by atoms with van der Waals surface area (Å²) in [6.07, 6.45) is 0.226. The summed E-state index contributed by atoms with van der Waals surface area (Å²) >= 11 is 8.60. The summed E-state index contributed by atoms with van der Waals surface area (Å²) < 4.78 is 9.96. The zero-order valence-electron chi connectivity index (χ0n) is 20.8. The number of carbonyl (C=O) groups is 3. The van der Waals surface area contributed by atoms with E-state index in [9.17, 15) is 14.4 Å². The summed E-state index contributed by atoms with van der Waals surface area (Å²) in [6, 6.07) is 17.8. The number of nitrogen functional groups attached to an aromatic ring is 1. The molecule has 3 N–H and O–H groups in total. The molecule has 2 amide bonds. The summed E-state index contributed by atoms with van der Waals surface area (Å²) in [5.41, 5.74) is 7.77. The third kappa shape index (κ3) is 5.96. The van der Waals surface area contributed by atoms with E-state index >= 15 is 0 Å². The van der Waals surface area contributed by atoms with Crippen molar-refractivity contribution in [2.75, 3.05) is 17.4 Å². The standard InChI is InChI=1S/C26H23ClN6O5S2/c27-11-17-14-39-24-20(31-19(34)12-29-37-13-18-30-26(28)40-32-18)23(35)33(24)21(17)25(36)38-22(15-7-3-1-4-8-15)16-9-5-2-6-10-16/h1-10,12,20,22,24H,11,13-14H2,(H,31,34)(H2,28,30,32)/b29-12+/t20-,24-/m1/s1. The lowest BCUT2D eigenvalue weighted by Gasteiger charge is -2.49. The van der Waals surface area contributed by atoms with Gasteiger partial charge in [-0.3, -0.25) is 14.5 Å². The summed E-state index contributed by atoms with van der Waals surface area (Å²) in [5.74, 6) is -0.955. The molecular formula is C26H23ClN6O5S2. The first-order chi connectivity index (χ1) is 19.5. The molecule has 2 atom stereocenters. The third-order valence-corrected chi connectivity index (χ3v) is 8.29. The average molecular weight is 599 g/mol. The lowest BCUT2D eigenvalue weighted by Crippen LogP contribution is -2.70. The number of ether oxygens (including phenoxy) is 1. The van der Waals surface area contributed by atoms with Crippen molar-refractivity contribution in [2.45, 2.75) is 24.1 Å². The molecule has 40 heavy (non-hydrogen) atoms. The number of anilines is 1. The van der Waals surface area contributed by atoms with Crippen molar-refractivity contribution < 1.29 is 24.0 Å². The Hall–Kier alpha value is -3.94. The topological polar surface area (TPSA) is 149 Å². The lowest BCUT2D eigenvalue weighted by molar-refractivity contribution is -0.154. The molecule has 3 aromatic rings. The molecule has 206 valence electrons. The van der Waals surface area contributed by atoms with Gasteiger partial charge in [0.25, 0.3) is 11.8 Å². The average Bonchev–Trinajstić information content (AvgIpc) is 3.41. The van der Waals surface area contributed by atoms with Crippen molar-refractivity contribution in [3.63, 3.8) is 0 Å². The van der Waals surface area contributed by atoms with E-state index in [4.69, 9.17) is 26.9 Å².